The van der Waals surface area contributed by atoms with Crippen LogP contribution in [0.4, 0.5) is 0 Å². The topological polar surface area (TPSA) is 114 Å². The second kappa shape index (κ2) is 57.9. The Hall–Kier alpha value is -2.29. The van der Waals surface area contributed by atoms with Crippen molar-refractivity contribution in [3.63, 3.8) is 0 Å². The number of carbonyl (C=O) groups is 2. The van der Waals surface area contributed by atoms with Gasteiger partial charge in [0.15, 0.2) is 0 Å². The maximum Gasteiger partial charge on any atom is 0.306 e. The smallest absolute Gasteiger partial charge is 0.306 e. The molecule has 0 saturated carbocycles. The van der Waals surface area contributed by atoms with Gasteiger partial charge in [-0.25, -0.2) is 0 Å². The lowest BCUT2D eigenvalue weighted by atomic mass is 10.0. The molecule has 0 aliphatic carbocycles. The Morgan fingerprint density at radius 2 is 0.782 bits per heavy atom. The Balaban J connectivity index is 5.17. The monoisotopic (exact) mass is 1110 g/mol. The van der Waals surface area contributed by atoms with E-state index in [1.54, 1.807) is 0 Å². The minimum absolute atomic E-state index is 0.0239. The molecular formula is C68H127N2O7P. The standard InChI is InChI=1S/C68H127N2O7P/c1-7-10-13-16-19-22-25-28-30-32-34-35-37-39-41-43-46-49-52-55-58-61-68(72)77-66(59-56-53-50-47-44-27-24-21-18-15-12-9-3)65(64-76-78(73,74)75-63-62-70(4,5)6)69-67(71)60-57-54-51-48-45-42-40-38-36-33-31-29-26-23-20-17-14-11-8-2/h19-20,22-23,28-31,56,59,65-66H,7-18,21,24-27,32-55,57-58,60-64H2,1-6H3,(H-,69,71,73,74)/b22-19-,23-20-,30-28-,31-29-,59-56+. The van der Waals surface area contributed by atoms with Crippen LogP contribution in [-0.4, -0.2) is 69.4 Å². The van der Waals surface area contributed by atoms with Gasteiger partial charge in [-0.15, -0.1) is 0 Å². The van der Waals surface area contributed by atoms with Crippen molar-refractivity contribution in [3.8, 4) is 0 Å². The summed E-state index contributed by atoms with van der Waals surface area (Å²) >= 11 is 0. The molecule has 456 valence electrons. The molecule has 0 radical (unpaired) electrons. The van der Waals surface area contributed by atoms with E-state index in [1.807, 2.05) is 33.3 Å². The van der Waals surface area contributed by atoms with E-state index in [2.05, 4.69) is 74.7 Å². The number of nitrogens with one attached hydrogen (secondary N) is 1. The Kier molecular flexibility index (Phi) is 56.2. The predicted molar refractivity (Wildman–Crippen MR) is 335 cm³/mol. The molecule has 1 N–H and O–H groups in total. The number of esters is 1. The van der Waals surface area contributed by atoms with Crippen molar-refractivity contribution in [1.29, 1.82) is 0 Å². The van der Waals surface area contributed by atoms with Crippen molar-refractivity contribution in [3.05, 3.63) is 60.8 Å². The minimum atomic E-state index is -4.70. The van der Waals surface area contributed by atoms with Crippen LogP contribution < -0.4 is 10.2 Å². The molecule has 0 spiro atoms. The van der Waals surface area contributed by atoms with Gasteiger partial charge in [-0.3, -0.25) is 14.2 Å². The second-order valence-electron chi connectivity index (χ2n) is 23.6. The number of unbranched alkanes of at least 4 members (excludes halogenated alkanes) is 36. The van der Waals surface area contributed by atoms with E-state index in [-0.39, 0.29) is 31.5 Å². The van der Waals surface area contributed by atoms with E-state index in [1.165, 1.54) is 193 Å². The molecule has 0 heterocycles. The fourth-order valence-corrected chi connectivity index (χ4v) is 10.2. The lowest BCUT2D eigenvalue weighted by Gasteiger charge is -2.30. The average Bonchev–Trinajstić information content (AvgIpc) is 3.40. The van der Waals surface area contributed by atoms with Gasteiger partial charge in [-0.2, -0.15) is 0 Å². The van der Waals surface area contributed by atoms with Crippen molar-refractivity contribution in [2.45, 2.75) is 322 Å². The van der Waals surface area contributed by atoms with Crippen molar-refractivity contribution < 1.29 is 37.3 Å². The molecular weight excluding hydrogens is 988 g/mol. The minimum Gasteiger partial charge on any atom is -0.756 e. The van der Waals surface area contributed by atoms with Crippen LogP contribution in [0.2, 0.25) is 0 Å². The molecule has 0 saturated heterocycles. The molecule has 78 heavy (non-hydrogen) atoms. The van der Waals surface area contributed by atoms with E-state index in [9.17, 15) is 19.0 Å². The lowest BCUT2D eigenvalue weighted by Crippen LogP contribution is -2.47. The molecule has 0 aromatic heterocycles. The van der Waals surface area contributed by atoms with Gasteiger partial charge in [0.1, 0.15) is 19.3 Å². The quantitative estimate of drug-likeness (QED) is 0.0212. The predicted octanol–water partition coefficient (Wildman–Crippen LogP) is 20.0. The number of hydrogen-bond donors (Lipinski definition) is 1. The number of hydrogen-bond acceptors (Lipinski definition) is 7. The third-order valence-corrected chi connectivity index (χ3v) is 15.6. The molecule has 10 heteroatoms. The van der Waals surface area contributed by atoms with Crippen molar-refractivity contribution in [2.24, 2.45) is 0 Å². The molecule has 1 amide bonds. The largest absolute Gasteiger partial charge is 0.756 e. The van der Waals surface area contributed by atoms with E-state index in [0.29, 0.717) is 17.4 Å². The van der Waals surface area contributed by atoms with Gasteiger partial charge >= 0.3 is 5.97 Å². The summed E-state index contributed by atoms with van der Waals surface area (Å²) in [7, 11) is 1.18. The summed E-state index contributed by atoms with van der Waals surface area (Å²) in [5, 5.41) is 3.04. The molecule has 0 bridgehead atoms. The first-order valence-electron chi connectivity index (χ1n) is 33.1. The fourth-order valence-electron chi connectivity index (χ4n) is 9.52. The van der Waals surface area contributed by atoms with E-state index < -0.39 is 20.0 Å². The molecule has 0 aromatic carbocycles. The zero-order valence-corrected chi connectivity index (χ0v) is 53.0. The number of rotatable bonds is 60. The zero-order valence-electron chi connectivity index (χ0n) is 52.1. The van der Waals surface area contributed by atoms with Crippen LogP contribution in [0.5, 0.6) is 0 Å². The third-order valence-electron chi connectivity index (χ3n) is 14.7. The van der Waals surface area contributed by atoms with Gasteiger partial charge in [0.2, 0.25) is 5.91 Å². The second-order valence-corrected chi connectivity index (χ2v) is 25.0. The number of allylic oxidation sites excluding steroid dienone is 9. The number of phosphoric ester groups is 1. The first-order valence-corrected chi connectivity index (χ1v) is 34.6. The summed E-state index contributed by atoms with van der Waals surface area (Å²) in [4.78, 5) is 40.1. The van der Waals surface area contributed by atoms with Crippen LogP contribution in [0.3, 0.4) is 0 Å². The third kappa shape index (κ3) is 58.4. The molecule has 0 aromatic rings. The Morgan fingerprint density at radius 1 is 0.449 bits per heavy atom. The van der Waals surface area contributed by atoms with Gasteiger partial charge in [-0.05, 0) is 96.0 Å². The summed E-state index contributed by atoms with van der Waals surface area (Å²) in [6.07, 6.45) is 73.2. The number of phosphoric acid groups is 1. The first kappa shape index (κ1) is 75.7. The zero-order chi connectivity index (χ0) is 57.2. The average molecular weight is 1120 g/mol. The molecule has 0 fully saturated rings. The van der Waals surface area contributed by atoms with Gasteiger partial charge < -0.3 is 28.5 Å². The van der Waals surface area contributed by atoms with E-state index >= 15 is 0 Å². The highest BCUT2D eigenvalue weighted by atomic mass is 31.2. The van der Waals surface area contributed by atoms with Gasteiger partial charge in [-0.1, -0.05) is 262 Å². The molecule has 0 aliphatic heterocycles. The summed E-state index contributed by atoms with van der Waals surface area (Å²) < 4.78 is 30.4. The molecule has 9 nitrogen and oxygen atoms in total. The number of carbonyl (C=O) groups excluding carboxylic acids is 2. The summed E-state index contributed by atoms with van der Waals surface area (Å²) in [5.41, 5.74) is 0. The van der Waals surface area contributed by atoms with Crippen LogP contribution in [-0.2, 0) is 27.9 Å². The maximum absolute atomic E-state index is 13.6. The van der Waals surface area contributed by atoms with Crippen molar-refractivity contribution >= 4 is 19.7 Å². The number of likely N-dealkylation sites (N-methyl/N-ethyl adjacent to an activating group) is 1. The fraction of sp³-hybridized carbons (Fsp3) is 0.824. The van der Waals surface area contributed by atoms with Gasteiger partial charge in [0.25, 0.3) is 7.82 Å². The van der Waals surface area contributed by atoms with Crippen LogP contribution in [0, 0.1) is 0 Å². The maximum atomic E-state index is 13.6. The van der Waals surface area contributed by atoms with Crippen LogP contribution in [0.15, 0.2) is 60.8 Å². The summed E-state index contributed by atoms with van der Waals surface area (Å²) in [5.74, 6) is -0.540. The molecule has 3 atom stereocenters. The SMILES string of the molecule is CCCCC/C=C\C/C=C\CCCCCCCCCCCCCC(=O)OC(/C=C/CCCCCCCCCCCC)C(COP(=O)([O-])OCC[N+](C)(C)C)NC(=O)CCCCCCCCCCC/C=C\C/C=C\CCCCC. The van der Waals surface area contributed by atoms with E-state index in [0.717, 1.165) is 83.5 Å². The van der Waals surface area contributed by atoms with Gasteiger partial charge in [0.05, 0.1) is 33.8 Å². The van der Waals surface area contributed by atoms with Crippen LogP contribution in [0.1, 0.15) is 310 Å². The van der Waals surface area contributed by atoms with E-state index in [4.69, 9.17) is 13.8 Å². The lowest BCUT2D eigenvalue weighted by molar-refractivity contribution is -0.870. The Labute approximate surface area is 483 Å². The highest BCUT2D eigenvalue weighted by Gasteiger charge is 2.27. The summed E-state index contributed by atoms with van der Waals surface area (Å²) in [6.45, 7) is 6.82. The highest BCUT2D eigenvalue weighted by molar-refractivity contribution is 7.45. The van der Waals surface area contributed by atoms with Crippen LogP contribution in [0.25, 0.3) is 0 Å². The number of quaternary nitrogens is 1. The van der Waals surface area contributed by atoms with Crippen LogP contribution >= 0.6 is 7.82 Å². The summed E-state index contributed by atoms with van der Waals surface area (Å²) in [6, 6.07) is -0.892. The number of nitrogens with zero attached hydrogens (tertiary/aromatic N) is 1. The normalized spacial score (nSPS) is 14.0. The number of ether oxygens (including phenoxy) is 1. The molecule has 0 rings (SSSR count). The highest BCUT2D eigenvalue weighted by Crippen LogP contribution is 2.38. The van der Waals surface area contributed by atoms with Gasteiger partial charge in [0, 0.05) is 12.8 Å². The number of amides is 1. The Morgan fingerprint density at radius 3 is 1.18 bits per heavy atom. The Bertz CT molecular complexity index is 1520. The first-order chi connectivity index (χ1) is 37.9. The van der Waals surface area contributed by atoms with Crippen molar-refractivity contribution in [2.75, 3.05) is 40.9 Å². The molecule has 3 unspecified atom stereocenters. The molecule has 0 aliphatic rings. The van der Waals surface area contributed by atoms with Crippen molar-refractivity contribution in [1.82, 2.24) is 5.32 Å².